The molecule has 0 saturated heterocycles. The number of nitrogens with zero attached hydrogens (tertiary/aromatic N) is 1. The quantitative estimate of drug-likeness (QED) is 0.711. The van der Waals surface area contributed by atoms with Crippen molar-refractivity contribution in [1.82, 2.24) is 10.2 Å². The van der Waals surface area contributed by atoms with Crippen LogP contribution in [0.15, 0.2) is 24.3 Å². The Morgan fingerprint density at radius 2 is 1.43 bits per heavy atom. The normalized spacial score (nSPS) is 21.0. The van der Waals surface area contributed by atoms with Gasteiger partial charge in [0.25, 0.3) is 0 Å². The minimum atomic E-state index is 0.264. The first-order valence-corrected chi connectivity index (χ1v) is 8.73. The summed E-state index contributed by atoms with van der Waals surface area (Å²) >= 11 is 0. The van der Waals surface area contributed by atoms with Gasteiger partial charge in [-0.1, -0.05) is 76.5 Å². The van der Waals surface area contributed by atoms with Gasteiger partial charge in [0.15, 0.2) is 0 Å². The van der Waals surface area contributed by atoms with Gasteiger partial charge in [0, 0.05) is 16.5 Å². The molecule has 3 rings (SSSR count). The number of aromatic nitrogens is 2. The summed E-state index contributed by atoms with van der Waals surface area (Å²) in [6.45, 7) is 2.45. The Hall–Kier alpha value is -1.31. The van der Waals surface area contributed by atoms with E-state index in [1.165, 1.54) is 75.3 Å². The van der Waals surface area contributed by atoms with Gasteiger partial charge in [-0.15, -0.1) is 0 Å². The summed E-state index contributed by atoms with van der Waals surface area (Å²) in [6.07, 6.45) is 13.8. The number of H-pyrrole nitrogens is 1. The number of hydrogen-bond donors (Lipinski definition) is 1. The monoisotopic (exact) mass is 284 g/mol. The predicted molar refractivity (Wildman–Crippen MR) is 89.6 cm³/mol. The second-order valence-corrected chi connectivity index (χ2v) is 7.00. The van der Waals surface area contributed by atoms with Crippen molar-refractivity contribution in [2.24, 2.45) is 0 Å². The SMILES string of the molecule is CC1(c2[nH]nc3ccccc23)CCCCCCCCCC1. The van der Waals surface area contributed by atoms with Gasteiger partial charge < -0.3 is 0 Å². The Kier molecular flexibility index (Phi) is 4.62. The van der Waals surface area contributed by atoms with E-state index in [-0.39, 0.29) is 5.41 Å². The molecule has 1 aliphatic carbocycles. The van der Waals surface area contributed by atoms with Gasteiger partial charge in [-0.3, -0.25) is 5.10 Å². The van der Waals surface area contributed by atoms with Crippen molar-refractivity contribution >= 4 is 10.9 Å². The van der Waals surface area contributed by atoms with Crippen LogP contribution in [-0.2, 0) is 5.41 Å². The van der Waals surface area contributed by atoms with E-state index < -0.39 is 0 Å². The third-order valence-corrected chi connectivity index (χ3v) is 5.27. The molecular weight excluding hydrogens is 256 g/mol. The molecule has 0 aliphatic heterocycles. The first-order chi connectivity index (χ1) is 10.3. The largest absolute Gasteiger partial charge is 0.281 e. The first-order valence-electron chi connectivity index (χ1n) is 8.73. The molecular formula is C19H28N2. The molecule has 1 aromatic heterocycles. The van der Waals surface area contributed by atoms with E-state index in [2.05, 4.69) is 41.4 Å². The summed E-state index contributed by atoms with van der Waals surface area (Å²) in [5, 5.41) is 9.23. The van der Waals surface area contributed by atoms with E-state index in [9.17, 15) is 0 Å². The second kappa shape index (κ2) is 6.64. The lowest BCUT2D eigenvalue weighted by atomic mass is 9.76. The molecule has 1 heterocycles. The zero-order valence-corrected chi connectivity index (χ0v) is 13.3. The van der Waals surface area contributed by atoms with E-state index in [0.29, 0.717) is 0 Å². The molecule has 114 valence electrons. The fraction of sp³-hybridized carbons (Fsp3) is 0.632. The van der Waals surface area contributed by atoms with Crippen LogP contribution in [0.3, 0.4) is 0 Å². The summed E-state index contributed by atoms with van der Waals surface area (Å²) < 4.78 is 0. The fourth-order valence-electron chi connectivity index (χ4n) is 3.88. The lowest BCUT2D eigenvalue weighted by molar-refractivity contribution is 0.363. The first kappa shape index (κ1) is 14.6. The van der Waals surface area contributed by atoms with Gasteiger partial charge in [0.2, 0.25) is 0 Å². The Bertz CT molecular complexity index is 558. The zero-order valence-electron chi connectivity index (χ0n) is 13.3. The number of hydrogen-bond acceptors (Lipinski definition) is 1. The third-order valence-electron chi connectivity index (χ3n) is 5.27. The number of aromatic amines is 1. The van der Waals surface area contributed by atoms with Crippen LogP contribution in [0.1, 0.15) is 76.8 Å². The van der Waals surface area contributed by atoms with Gasteiger partial charge in [-0.05, 0) is 18.9 Å². The van der Waals surface area contributed by atoms with Crippen LogP contribution in [0.25, 0.3) is 10.9 Å². The minimum absolute atomic E-state index is 0.264. The van der Waals surface area contributed by atoms with Crippen molar-refractivity contribution in [3.8, 4) is 0 Å². The molecule has 0 atom stereocenters. The smallest absolute Gasteiger partial charge is 0.0923 e. The number of para-hydroxylation sites is 1. The average molecular weight is 284 g/mol. The standard InChI is InChI=1S/C19H28N2/c1-19(14-10-6-4-2-3-5-7-11-15-19)18-16-12-8-9-13-17(16)20-21-18/h8-9,12-13H,2-7,10-11,14-15H2,1H3,(H,20,21). The molecule has 1 aliphatic rings. The molecule has 0 amide bonds. The topological polar surface area (TPSA) is 28.7 Å². The summed E-state index contributed by atoms with van der Waals surface area (Å²) in [5.41, 5.74) is 2.75. The van der Waals surface area contributed by atoms with Crippen LogP contribution in [0.2, 0.25) is 0 Å². The maximum absolute atomic E-state index is 4.53. The molecule has 0 unspecified atom stereocenters. The number of rotatable bonds is 1. The lowest BCUT2D eigenvalue weighted by Crippen LogP contribution is -2.23. The van der Waals surface area contributed by atoms with E-state index in [1.807, 2.05) is 0 Å². The molecule has 0 radical (unpaired) electrons. The Morgan fingerprint density at radius 1 is 0.857 bits per heavy atom. The van der Waals surface area contributed by atoms with Crippen molar-refractivity contribution in [1.29, 1.82) is 0 Å². The molecule has 2 heteroatoms. The van der Waals surface area contributed by atoms with Gasteiger partial charge in [-0.25, -0.2) is 0 Å². The molecule has 1 fully saturated rings. The van der Waals surface area contributed by atoms with Crippen LogP contribution in [0.4, 0.5) is 0 Å². The molecule has 1 saturated carbocycles. The average Bonchev–Trinajstić information content (AvgIpc) is 2.91. The minimum Gasteiger partial charge on any atom is -0.281 e. The predicted octanol–water partition coefficient (Wildman–Crippen LogP) is 5.74. The summed E-state index contributed by atoms with van der Waals surface area (Å²) in [5.74, 6) is 0. The van der Waals surface area contributed by atoms with Gasteiger partial charge >= 0.3 is 0 Å². The van der Waals surface area contributed by atoms with Gasteiger partial charge in [0.1, 0.15) is 0 Å². The summed E-state index contributed by atoms with van der Waals surface area (Å²) in [6, 6.07) is 8.55. The molecule has 1 aromatic carbocycles. The van der Waals surface area contributed by atoms with Crippen molar-refractivity contribution < 1.29 is 0 Å². The third kappa shape index (κ3) is 3.30. The van der Waals surface area contributed by atoms with E-state index in [1.54, 1.807) is 0 Å². The van der Waals surface area contributed by atoms with Crippen molar-refractivity contribution in [2.45, 2.75) is 76.5 Å². The highest BCUT2D eigenvalue weighted by molar-refractivity contribution is 5.82. The Morgan fingerprint density at radius 3 is 2.10 bits per heavy atom. The highest BCUT2D eigenvalue weighted by atomic mass is 15.1. The highest BCUT2D eigenvalue weighted by Crippen LogP contribution is 2.38. The second-order valence-electron chi connectivity index (χ2n) is 7.00. The zero-order chi connectivity index (χ0) is 14.5. The molecule has 0 spiro atoms. The van der Waals surface area contributed by atoms with Crippen LogP contribution in [-0.4, -0.2) is 10.2 Å². The molecule has 0 bridgehead atoms. The molecule has 2 aromatic rings. The highest BCUT2D eigenvalue weighted by Gasteiger charge is 2.29. The van der Waals surface area contributed by atoms with E-state index in [0.717, 1.165) is 5.52 Å². The maximum atomic E-state index is 4.53. The molecule has 1 N–H and O–H groups in total. The molecule has 21 heavy (non-hydrogen) atoms. The van der Waals surface area contributed by atoms with Crippen molar-refractivity contribution in [3.63, 3.8) is 0 Å². The number of nitrogens with one attached hydrogen (secondary N) is 1. The maximum Gasteiger partial charge on any atom is 0.0923 e. The van der Waals surface area contributed by atoms with E-state index in [4.69, 9.17) is 0 Å². The van der Waals surface area contributed by atoms with E-state index >= 15 is 0 Å². The number of fused-ring (bicyclic) bond motifs is 1. The Balaban J connectivity index is 1.87. The van der Waals surface area contributed by atoms with Crippen molar-refractivity contribution in [2.75, 3.05) is 0 Å². The lowest BCUT2D eigenvalue weighted by Gasteiger charge is -2.29. The Labute approximate surface area is 128 Å². The van der Waals surface area contributed by atoms with Crippen LogP contribution in [0.5, 0.6) is 0 Å². The van der Waals surface area contributed by atoms with Crippen LogP contribution >= 0.6 is 0 Å². The van der Waals surface area contributed by atoms with Gasteiger partial charge in [0.05, 0.1) is 5.52 Å². The van der Waals surface area contributed by atoms with Crippen LogP contribution in [0, 0.1) is 0 Å². The fourth-order valence-corrected chi connectivity index (χ4v) is 3.88. The molecule has 2 nitrogen and oxygen atoms in total. The summed E-state index contributed by atoms with van der Waals surface area (Å²) in [7, 11) is 0. The summed E-state index contributed by atoms with van der Waals surface area (Å²) in [4.78, 5) is 0. The van der Waals surface area contributed by atoms with Crippen LogP contribution < -0.4 is 0 Å². The van der Waals surface area contributed by atoms with Gasteiger partial charge in [-0.2, -0.15) is 5.10 Å². The van der Waals surface area contributed by atoms with Crippen molar-refractivity contribution in [3.05, 3.63) is 30.0 Å². The number of benzene rings is 1.